The van der Waals surface area contributed by atoms with Crippen LogP contribution in [0.25, 0.3) is 0 Å². The molecule has 1 aromatic carbocycles. The van der Waals surface area contributed by atoms with E-state index in [9.17, 15) is 4.79 Å². The van der Waals surface area contributed by atoms with Gasteiger partial charge in [0, 0.05) is 19.6 Å². The standard InChI is InChI=1S/C16H27N3O4/c1-19(2)9-8-18-16(20)17-7-6-12-10-13(21-3)15(23-5)14(11-12)22-4/h10-11H,6-9H2,1-5H3,(H2,17,18,20). The zero-order valence-electron chi connectivity index (χ0n) is 14.6. The van der Waals surface area contributed by atoms with Crippen molar-refractivity contribution in [2.24, 2.45) is 0 Å². The summed E-state index contributed by atoms with van der Waals surface area (Å²) in [6, 6.07) is 3.60. The number of urea groups is 1. The molecule has 1 rings (SSSR count). The molecule has 2 amide bonds. The van der Waals surface area contributed by atoms with Crippen LogP contribution in [0.1, 0.15) is 5.56 Å². The quantitative estimate of drug-likeness (QED) is 0.712. The topological polar surface area (TPSA) is 72.1 Å². The molecule has 0 saturated heterocycles. The van der Waals surface area contributed by atoms with Crippen molar-refractivity contribution in [3.8, 4) is 17.2 Å². The van der Waals surface area contributed by atoms with Crippen molar-refractivity contribution in [3.63, 3.8) is 0 Å². The molecule has 0 spiro atoms. The maximum atomic E-state index is 11.7. The second-order valence-corrected chi connectivity index (χ2v) is 5.27. The molecule has 0 radical (unpaired) electrons. The number of carbonyl (C=O) groups is 1. The van der Waals surface area contributed by atoms with Crippen LogP contribution in [0.5, 0.6) is 17.2 Å². The van der Waals surface area contributed by atoms with Gasteiger partial charge in [-0.3, -0.25) is 0 Å². The third-order valence-electron chi connectivity index (χ3n) is 3.27. The van der Waals surface area contributed by atoms with Crippen molar-refractivity contribution in [1.82, 2.24) is 15.5 Å². The molecule has 7 nitrogen and oxygen atoms in total. The highest BCUT2D eigenvalue weighted by atomic mass is 16.5. The molecule has 0 bridgehead atoms. The Hall–Kier alpha value is -2.15. The highest BCUT2D eigenvalue weighted by Gasteiger charge is 2.13. The van der Waals surface area contributed by atoms with E-state index in [-0.39, 0.29) is 6.03 Å². The second kappa shape index (κ2) is 9.78. The van der Waals surface area contributed by atoms with Gasteiger partial charge in [-0.05, 0) is 38.2 Å². The fourth-order valence-electron chi connectivity index (χ4n) is 2.06. The van der Waals surface area contributed by atoms with Crippen molar-refractivity contribution in [2.75, 3.05) is 55.1 Å². The van der Waals surface area contributed by atoms with Crippen LogP contribution < -0.4 is 24.8 Å². The third kappa shape index (κ3) is 6.23. The van der Waals surface area contributed by atoms with E-state index in [2.05, 4.69) is 10.6 Å². The molecule has 130 valence electrons. The molecule has 0 saturated carbocycles. The number of rotatable bonds is 9. The zero-order chi connectivity index (χ0) is 17.2. The summed E-state index contributed by atoms with van der Waals surface area (Å²) in [7, 11) is 8.66. The monoisotopic (exact) mass is 325 g/mol. The van der Waals surface area contributed by atoms with Crippen LogP contribution in [0.3, 0.4) is 0 Å². The molecule has 0 unspecified atom stereocenters. The number of benzene rings is 1. The summed E-state index contributed by atoms with van der Waals surface area (Å²) in [5, 5.41) is 5.63. The lowest BCUT2D eigenvalue weighted by molar-refractivity contribution is 0.239. The minimum absolute atomic E-state index is 0.167. The number of nitrogens with zero attached hydrogens (tertiary/aromatic N) is 1. The Balaban J connectivity index is 2.53. The smallest absolute Gasteiger partial charge is 0.314 e. The molecule has 0 aromatic heterocycles. The van der Waals surface area contributed by atoms with Crippen LogP contribution in [0.4, 0.5) is 4.79 Å². The first kappa shape index (κ1) is 18.9. The molecule has 7 heteroatoms. The third-order valence-corrected chi connectivity index (χ3v) is 3.27. The van der Waals surface area contributed by atoms with Crippen LogP contribution in [0.2, 0.25) is 0 Å². The first-order chi connectivity index (χ1) is 11.0. The number of carbonyl (C=O) groups excluding carboxylic acids is 1. The summed E-state index contributed by atoms with van der Waals surface area (Å²) in [5.41, 5.74) is 0.994. The first-order valence-corrected chi connectivity index (χ1v) is 7.47. The van der Waals surface area contributed by atoms with E-state index in [0.29, 0.717) is 36.8 Å². The Bertz CT molecular complexity index is 481. The van der Waals surface area contributed by atoms with Gasteiger partial charge in [0.1, 0.15) is 0 Å². The Kier molecular flexibility index (Phi) is 8.04. The predicted octanol–water partition coefficient (Wildman–Crippen LogP) is 1.12. The van der Waals surface area contributed by atoms with Crippen molar-refractivity contribution < 1.29 is 19.0 Å². The Morgan fingerprint density at radius 3 is 2.04 bits per heavy atom. The van der Waals surface area contributed by atoms with E-state index in [4.69, 9.17) is 14.2 Å². The van der Waals surface area contributed by atoms with Crippen molar-refractivity contribution in [3.05, 3.63) is 17.7 Å². The number of hydrogen-bond donors (Lipinski definition) is 2. The highest BCUT2D eigenvalue weighted by Crippen LogP contribution is 2.38. The van der Waals surface area contributed by atoms with Gasteiger partial charge in [0.05, 0.1) is 21.3 Å². The molecular formula is C16H27N3O4. The summed E-state index contributed by atoms with van der Waals surface area (Å²) < 4.78 is 15.9. The summed E-state index contributed by atoms with van der Waals surface area (Å²) in [6.45, 7) is 1.94. The van der Waals surface area contributed by atoms with E-state index < -0.39 is 0 Å². The molecule has 2 N–H and O–H groups in total. The van der Waals surface area contributed by atoms with Gasteiger partial charge in [-0.25, -0.2) is 4.79 Å². The molecule has 0 heterocycles. The number of ether oxygens (including phenoxy) is 3. The first-order valence-electron chi connectivity index (χ1n) is 7.47. The number of amides is 2. The van der Waals surface area contributed by atoms with Crippen LogP contribution >= 0.6 is 0 Å². The summed E-state index contributed by atoms with van der Waals surface area (Å²) >= 11 is 0. The van der Waals surface area contributed by atoms with Gasteiger partial charge in [-0.15, -0.1) is 0 Å². The predicted molar refractivity (Wildman–Crippen MR) is 89.8 cm³/mol. The molecule has 23 heavy (non-hydrogen) atoms. The van der Waals surface area contributed by atoms with E-state index in [1.54, 1.807) is 21.3 Å². The minimum Gasteiger partial charge on any atom is -0.493 e. The average molecular weight is 325 g/mol. The average Bonchev–Trinajstić information content (AvgIpc) is 2.53. The van der Waals surface area contributed by atoms with Crippen LogP contribution in [0, 0.1) is 0 Å². The van der Waals surface area contributed by atoms with Gasteiger partial charge >= 0.3 is 6.03 Å². The summed E-state index contributed by atoms with van der Waals surface area (Å²) in [5.74, 6) is 1.78. The lowest BCUT2D eigenvalue weighted by atomic mass is 10.1. The van der Waals surface area contributed by atoms with Gasteiger partial charge in [0.25, 0.3) is 0 Å². The van der Waals surface area contributed by atoms with Crippen LogP contribution in [-0.2, 0) is 6.42 Å². The Labute approximate surface area is 137 Å². The lowest BCUT2D eigenvalue weighted by Crippen LogP contribution is -2.39. The number of likely N-dealkylation sites (N-methyl/N-ethyl adjacent to an activating group) is 1. The normalized spacial score (nSPS) is 10.3. The van der Waals surface area contributed by atoms with Gasteiger partial charge in [0.2, 0.25) is 5.75 Å². The molecule has 0 aliphatic rings. The molecule has 1 aromatic rings. The lowest BCUT2D eigenvalue weighted by Gasteiger charge is -2.14. The SMILES string of the molecule is COc1cc(CCNC(=O)NCCN(C)C)cc(OC)c1OC. The maximum Gasteiger partial charge on any atom is 0.314 e. The van der Waals surface area contributed by atoms with E-state index in [0.717, 1.165) is 12.1 Å². The molecule has 0 fully saturated rings. The van der Waals surface area contributed by atoms with Gasteiger partial charge in [-0.1, -0.05) is 0 Å². The largest absolute Gasteiger partial charge is 0.493 e. The molecule has 0 atom stereocenters. The van der Waals surface area contributed by atoms with Crippen LogP contribution in [-0.4, -0.2) is 66.0 Å². The van der Waals surface area contributed by atoms with E-state index >= 15 is 0 Å². The molecular weight excluding hydrogens is 298 g/mol. The molecule has 0 aliphatic heterocycles. The van der Waals surface area contributed by atoms with Gasteiger partial charge in [-0.2, -0.15) is 0 Å². The fraction of sp³-hybridized carbons (Fsp3) is 0.562. The summed E-state index contributed by atoms with van der Waals surface area (Å²) in [4.78, 5) is 13.7. The fourth-order valence-corrected chi connectivity index (χ4v) is 2.06. The van der Waals surface area contributed by atoms with Crippen molar-refractivity contribution in [1.29, 1.82) is 0 Å². The molecule has 0 aliphatic carbocycles. The zero-order valence-corrected chi connectivity index (χ0v) is 14.6. The highest BCUT2D eigenvalue weighted by molar-refractivity contribution is 5.73. The van der Waals surface area contributed by atoms with E-state index in [1.165, 1.54) is 0 Å². The minimum atomic E-state index is -0.167. The van der Waals surface area contributed by atoms with Crippen LogP contribution in [0.15, 0.2) is 12.1 Å². The number of methoxy groups -OCH3 is 3. The van der Waals surface area contributed by atoms with Gasteiger partial charge in [0.15, 0.2) is 11.5 Å². The Morgan fingerprint density at radius 2 is 1.57 bits per heavy atom. The van der Waals surface area contributed by atoms with Gasteiger partial charge < -0.3 is 29.7 Å². The number of hydrogen-bond acceptors (Lipinski definition) is 5. The Morgan fingerprint density at radius 1 is 1.00 bits per heavy atom. The summed E-state index contributed by atoms with van der Waals surface area (Å²) in [6.07, 6.45) is 0.664. The van der Waals surface area contributed by atoms with Crippen molar-refractivity contribution >= 4 is 6.03 Å². The number of nitrogens with one attached hydrogen (secondary N) is 2. The van der Waals surface area contributed by atoms with Crippen molar-refractivity contribution in [2.45, 2.75) is 6.42 Å². The van der Waals surface area contributed by atoms with E-state index in [1.807, 2.05) is 31.1 Å². The second-order valence-electron chi connectivity index (χ2n) is 5.27. The maximum absolute atomic E-state index is 11.7.